The van der Waals surface area contributed by atoms with E-state index < -0.39 is 29.7 Å². The topological polar surface area (TPSA) is 131 Å². The van der Waals surface area contributed by atoms with Gasteiger partial charge in [-0.1, -0.05) is 30.3 Å². The third-order valence-electron chi connectivity index (χ3n) is 5.83. The molecule has 2 aliphatic heterocycles. The van der Waals surface area contributed by atoms with Gasteiger partial charge in [0, 0.05) is 25.2 Å². The van der Waals surface area contributed by atoms with E-state index in [0.717, 1.165) is 5.56 Å². The Morgan fingerprint density at radius 1 is 1.08 bits per heavy atom. The van der Waals surface area contributed by atoms with Gasteiger partial charge in [-0.3, -0.25) is 14.6 Å². The summed E-state index contributed by atoms with van der Waals surface area (Å²) < 4.78 is 10.9. The van der Waals surface area contributed by atoms with Gasteiger partial charge in [0.2, 0.25) is 11.2 Å². The number of ether oxygens (including phenoxy) is 2. The molecule has 1 saturated heterocycles. The van der Waals surface area contributed by atoms with Gasteiger partial charge in [-0.25, -0.2) is 19.6 Å². The van der Waals surface area contributed by atoms with E-state index in [9.17, 15) is 14.4 Å². The fourth-order valence-corrected chi connectivity index (χ4v) is 4.35. The highest BCUT2D eigenvalue weighted by Crippen LogP contribution is 2.32. The number of carbonyl (C=O) groups is 3. The quantitative estimate of drug-likeness (QED) is 0.613. The molecule has 0 radical (unpaired) electrons. The van der Waals surface area contributed by atoms with Crippen molar-refractivity contribution in [3.63, 3.8) is 0 Å². The summed E-state index contributed by atoms with van der Waals surface area (Å²) >= 11 is 6.20. The zero-order valence-corrected chi connectivity index (χ0v) is 21.2. The summed E-state index contributed by atoms with van der Waals surface area (Å²) in [5.74, 6) is -0.164. The van der Waals surface area contributed by atoms with Gasteiger partial charge < -0.3 is 20.1 Å². The Hall–Kier alpha value is -3.60. The summed E-state index contributed by atoms with van der Waals surface area (Å²) in [5, 5.41) is 0.0233. The van der Waals surface area contributed by atoms with Crippen LogP contribution in [0.15, 0.2) is 30.3 Å². The van der Waals surface area contributed by atoms with Gasteiger partial charge in [0.1, 0.15) is 24.1 Å². The Bertz CT molecular complexity index is 1160. The first-order valence-corrected chi connectivity index (χ1v) is 11.9. The molecule has 1 fully saturated rings. The van der Waals surface area contributed by atoms with Gasteiger partial charge in [-0.2, -0.15) is 0 Å². The molecule has 12 heteroatoms. The number of hydrogen-bond donors (Lipinski definition) is 1. The zero-order chi connectivity index (χ0) is 26.0. The van der Waals surface area contributed by atoms with Crippen molar-refractivity contribution in [2.24, 2.45) is 5.73 Å². The van der Waals surface area contributed by atoms with Crippen LogP contribution >= 0.6 is 11.6 Å². The van der Waals surface area contributed by atoms with Gasteiger partial charge in [-0.05, 0) is 37.9 Å². The van der Waals surface area contributed by atoms with Crippen LogP contribution in [0.2, 0.25) is 5.28 Å². The van der Waals surface area contributed by atoms with Gasteiger partial charge >= 0.3 is 12.2 Å². The predicted molar refractivity (Wildman–Crippen MR) is 131 cm³/mol. The van der Waals surface area contributed by atoms with Crippen molar-refractivity contribution in [3.8, 4) is 0 Å². The van der Waals surface area contributed by atoms with Crippen LogP contribution in [0.3, 0.4) is 0 Å². The normalized spacial score (nSPS) is 17.6. The minimum absolute atomic E-state index is 0.0233. The maximum atomic E-state index is 12.8. The number of halogens is 1. The number of anilines is 1. The first-order chi connectivity index (χ1) is 17.0. The molecule has 3 heterocycles. The predicted octanol–water partition coefficient (Wildman–Crippen LogP) is 2.69. The third-order valence-corrected chi connectivity index (χ3v) is 6.00. The van der Waals surface area contributed by atoms with Crippen LogP contribution in [0.25, 0.3) is 0 Å². The first-order valence-electron chi connectivity index (χ1n) is 11.6. The van der Waals surface area contributed by atoms with Crippen molar-refractivity contribution in [1.29, 1.82) is 0 Å². The minimum atomic E-state index is -0.935. The highest BCUT2D eigenvalue weighted by molar-refractivity contribution is 6.28. The van der Waals surface area contributed by atoms with Crippen molar-refractivity contribution in [3.05, 3.63) is 52.4 Å². The van der Waals surface area contributed by atoms with E-state index in [1.54, 1.807) is 20.8 Å². The van der Waals surface area contributed by atoms with Crippen LogP contribution in [-0.2, 0) is 34.0 Å². The fourth-order valence-electron chi connectivity index (χ4n) is 4.16. The van der Waals surface area contributed by atoms with Crippen molar-refractivity contribution in [2.45, 2.75) is 52.1 Å². The molecule has 36 heavy (non-hydrogen) atoms. The molecule has 2 aliphatic rings. The highest BCUT2D eigenvalue weighted by Gasteiger charge is 2.38. The molecule has 2 N–H and O–H groups in total. The zero-order valence-electron chi connectivity index (χ0n) is 20.4. The average molecular weight is 517 g/mol. The molecule has 192 valence electrons. The second-order valence-electron chi connectivity index (χ2n) is 9.68. The summed E-state index contributed by atoms with van der Waals surface area (Å²) in [6, 6.07) is 8.33. The van der Waals surface area contributed by atoms with E-state index in [1.165, 1.54) is 9.80 Å². The summed E-state index contributed by atoms with van der Waals surface area (Å²) in [5.41, 5.74) is 7.18. The highest BCUT2D eigenvalue weighted by atomic mass is 35.5. The fraction of sp³-hybridized carbons (Fsp3) is 0.458. The van der Waals surface area contributed by atoms with Crippen LogP contribution in [-0.4, -0.2) is 69.1 Å². The number of nitrogens with two attached hydrogens (primary N) is 1. The Kier molecular flexibility index (Phi) is 7.21. The van der Waals surface area contributed by atoms with E-state index >= 15 is 0 Å². The molecule has 11 nitrogen and oxygen atoms in total. The maximum absolute atomic E-state index is 12.8. The van der Waals surface area contributed by atoms with Crippen molar-refractivity contribution < 1.29 is 23.9 Å². The van der Waals surface area contributed by atoms with Crippen LogP contribution in [0.1, 0.15) is 37.6 Å². The SMILES string of the molecule is CC(C)(C)OC(=O)N1Cc2nc(Cl)nc(N3CCN(C(=O)OCc4ccccc4)[C@@H](C(N)=O)C3)c2C1. The lowest BCUT2D eigenvalue weighted by molar-refractivity contribution is -0.123. The van der Waals surface area contributed by atoms with E-state index in [1.807, 2.05) is 35.2 Å². The standard InChI is InChI=1S/C24H29ClN6O5/c1-24(2,3)36-22(33)30-11-16-17(12-30)27-21(25)28-20(16)29-9-10-31(18(13-29)19(26)32)23(34)35-14-15-7-5-4-6-8-15/h4-8,18H,9-14H2,1-3H3,(H2,26,32)/t18-/m1/s1. The maximum Gasteiger partial charge on any atom is 0.410 e. The minimum Gasteiger partial charge on any atom is -0.445 e. The lowest BCUT2D eigenvalue weighted by Gasteiger charge is -2.40. The van der Waals surface area contributed by atoms with Gasteiger partial charge in [-0.15, -0.1) is 0 Å². The van der Waals surface area contributed by atoms with E-state index in [4.69, 9.17) is 26.8 Å². The summed E-state index contributed by atoms with van der Waals surface area (Å²) in [4.78, 5) is 51.1. The summed E-state index contributed by atoms with van der Waals surface area (Å²) in [6.07, 6.45) is -1.09. The number of hydrogen-bond acceptors (Lipinski definition) is 8. The van der Waals surface area contributed by atoms with E-state index in [0.29, 0.717) is 23.6 Å². The Balaban J connectivity index is 1.49. The van der Waals surface area contributed by atoms with Gasteiger partial charge in [0.15, 0.2) is 0 Å². The van der Waals surface area contributed by atoms with Crippen LogP contribution < -0.4 is 10.6 Å². The Morgan fingerprint density at radius 2 is 1.81 bits per heavy atom. The molecule has 1 aromatic carbocycles. The monoisotopic (exact) mass is 516 g/mol. The van der Waals surface area contributed by atoms with Crippen LogP contribution in [0.4, 0.5) is 15.4 Å². The second kappa shape index (κ2) is 10.2. The number of primary amides is 1. The molecular weight excluding hydrogens is 488 g/mol. The second-order valence-corrected chi connectivity index (χ2v) is 10.0. The molecule has 3 amide bonds. The number of piperazine rings is 1. The third kappa shape index (κ3) is 5.78. The number of carbonyl (C=O) groups excluding carboxylic acids is 3. The molecule has 1 aromatic heterocycles. The number of amides is 3. The van der Waals surface area contributed by atoms with Gasteiger partial charge in [0.25, 0.3) is 0 Å². The Morgan fingerprint density at radius 3 is 2.47 bits per heavy atom. The first kappa shape index (κ1) is 25.5. The number of aromatic nitrogens is 2. The smallest absolute Gasteiger partial charge is 0.410 e. The molecule has 2 aromatic rings. The molecule has 0 aliphatic carbocycles. The van der Waals surface area contributed by atoms with Crippen LogP contribution in [0.5, 0.6) is 0 Å². The lowest BCUT2D eigenvalue weighted by atomic mass is 10.1. The molecule has 0 unspecified atom stereocenters. The summed E-state index contributed by atoms with van der Waals surface area (Å²) in [7, 11) is 0. The molecule has 0 bridgehead atoms. The largest absolute Gasteiger partial charge is 0.445 e. The van der Waals surface area contributed by atoms with E-state index in [-0.39, 0.29) is 38.1 Å². The van der Waals surface area contributed by atoms with Crippen LogP contribution in [0, 0.1) is 0 Å². The lowest BCUT2D eigenvalue weighted by Crippen LogP contribution is -2.60. The number of benzene rings is 1. The van der Waals surface area contributed by atoms with Gasteiger partial charge in [0.05, 0.1) is 18.8 Å². The number of fused-ring (bicyclic) bond motifs is 1. The molecule has 0 spiro atoms. The number of rotatable bonds is 4. The van der Waals surface area contributed by atoms with Crippen molar-refractivity contribution in [2.75, 3.05) is 24.5 Å². The number of nitrogens with zero attached hydrogens (tertiary/aromatic N) is 5. The Labute approximate surface area is 214 Å². The molecule has 0 saturated carbocycles. The van der Waals surface area contributed by atoms with E-state index in [2.05, 4.69) is 9.97 Å². The summed E-state index contributed by atoms with van der Waals surface area (Å²) in [6.45, 7) is 6.58. The average Bonchev–Trinajstić information content (AvgIpc) is 3.25. The molecular formula is C24H29ClN6O5. The van der Waals surface area contributed by atoms with Crippen molar-refractivity contribution >= 4 is 35.5 Å². The molecule has 1 atom stereocenters. The van der Waals surface area contributed by atoms with Crippen molar-refractivity contribution in [1.82, 2.24) is 19.8 Å². The molecule has 4 rings (SSSR count).